The molecule has 0 saturated heterocycles. The van der Waals surface area contributed by atoms with Crippen molar-refractivity contribution in [3.8, 4) is 0 Å². The van der Waals surface area contributed by atoms with Crippen LogP contribution in [-0.4, -0.2) is 14.9 Å². The quantitative estimate of drug-likeness (QED) is 0.906. The predicted molar refractivity (Wildman–Crippen MR) is 61.4 cm³/mol. The minimum atomic E-state index is -0.620. The molecule has 1 N–H and O–H groups in total. The molecule has 1 atom stereocenters. The first kappa shape index (κ1) is 10.4. The molecule has 1 aromatic heterocycles. The highest BCUT2D eigenvalue weighted by atomic mass is 79.9. The van der Waals surface area contributed by atoms with Gasteiger partial charge in [-0.3, -0.25) is 4.68 Å². The molecule has 0 radical (unpaired) electrons. The monoisotopic (exact) mass is 266 g/mol. The number of aliphatic hydroxyl groups is 1. The molecule has 0 spiro atoms. The Morgan fingerprint density at radius 3 is 2.47 bits per heavy atom. The van der Waals surface area contributed by atoms with Crippen molar-refractivity contribution < 1.29 is 5.11 Å². The van der Waals surface area contributed by atoms with E-state index >= 15 is 0 Å². The van der Waals surface area contributed by atoms with Gasteiger partial charge < -0.3 is 5.11 Å². The molecule has 4 heteroatoms. The minimum absolute atomic E-state index is 0.620. The van der Waals surface area contributed by atoms with Gasteiger partial charge in [-0.15, -0.1) is 0 Å². The average Bonchev–Trinajstić information content (AvgIpc) is 2.65. The number of hydrogen-bond donors (Lipinski definition) is 1. The van der Waals surface area contributed by atoms with Gasteiger partial charge in [-0.2, -0.15) is 5.10 Å². The molecule has 1 aromatic carbocycles. The lowest BCUT2D eigenvalue weighted by Crippen LogP contribution is -2.06. The summed E-state index contributed by atoms with van der Waals surface area (Å²) < 4.78 is 2.68. The zero-order valence-electron chi connectivity index (χ0n) is 8.26. The van der Waals surface area contributed by atoms with Crippen LogP contribution >= 0.6 is 15.9 Å². The zero-order valence-corrected chi connectivity index (χ0v) is 9.85. The van der Waals surface area contributed by atoms with Gasteiger partial charge in [0.05, 0.1) is 5.69 Å². The number of benzene rings is 1. The Morgan fingerprint density at radius 1 is 1.27 bits per heavy atom. The summed E-state index contributed by atoms with van der Waals surface area (Å²) >= 11 is 3.36. The zero-order chi connectivity index (χ0) is 10.8. The number of nitrogens with zero attached hydrogens (tertiary/aromatic N) is 2. The van der Waals surface area contributed by atoms with Crippen molar-refractivity contribution >= 4 is 15.9 Å². The van der Waals surface area contributed by atoms with Gasteiger partial charge in [-0.1, -0.05) is 28.1 Å². The number of aryl methyl sites for hydroxylation is 1. The van der Waals surface area contributed by atoms with E-state index in [1.807, 2.05) is 37.4 Å². The number of rotatable bonds is 2. The third-order valence-electron chi connectivity index (χ3n) is 2.32. The lowest BCUT2D eigenvalue weighted by atomic mass is 10.1. The fourth-order valence-corrected chi connectivity index (χ4v) is 1.73. The summed E-state index contributed by atoms with van der Waals surface area (Å²) in [4.78, 5) is 0. The van der Waals surface area contributed by atoms with Crippen LogP contribution in [-0.2, 0) is 7.05 Å². The summed E-state index contributed by atoms with van der Waals surface area (Å²) in [5.41, 5.74) is 1.65. The molecule has 15 heavy (non-hydrogen) atoms. The fourth-order valence-electron chi connectivity index (χ4n) is 1.47. The Kier molecular flexibility index (Phi) is 2.88. The van der Waals surface area contributed by atoms with Crippen molar-refractivity contribution in [3.05, 3.63) is 52.3 Å². The molecule has 0 aliphatic heterocycles. The first-order valence-corrected chi connectivity index (χ1v) is 5.39. The van der Waals surface area contributed by atoms with Crippen LogP contribution in [0.4, 0.5) is 0 Å². The van der Waals surface area contributed by atoms with Crippen LogP contribution in [0.3, 0.4) is 0 Å². The number of aliphatic hydroxyl groups excluding tert-OH is 1. The first-order chi connectivity index (χ1) is 7.18. The van der Waals surface area contributed by atoms with Crippen LogP contribution in [0.1, 0.15) is 17.4 Å². The molecule has 1 heterocycles. The SMILES string of the molecule is Cn1nccc1C(O)c1ccc(Br)cc1. The van der Waals surface area contributed by atoms with E-state index in [0.29, 0.717) is 0 Å². The summed E-state index contributed by atoms with van der Waals surface area (Å²) in [7, 11) is 1.82. The Labute approximate surface area is 96.5 Å². The number of hydrogen-bond acceptors (Lipinski definition) is 2. The number of aromatic nitrogens is 2. The molecule has 0 amide bonds. The third-order valence-corrected chi connectivity index (χ3v) is 2.85. The van der Waals surface area contributed by atoms with Gasteiger partial charge in [0.1, 0.15) is 6.10 Å². The first-order valence-electron chi connectivity index (χ1n) is 4.60. The summed E-state index contributed by atoms with van der Waals surface area (Å²) in [5, 5.41) is 14.1. The smallest absolute Gasteiger partial charge is 0.121 e. The van der Waals surface area contributed by atoms with Gasteiger partial charge in [-0.25, -0.2) is 0 Å². The third kappa shape index (κ3) is 2.11. The van der Waals surface area contributed by atoms with Crippen molar-refractivity contribution in [2.75, 3.05) is 0 Å². The van der Waals surface area contributed by atoms with E-state index in [2.05, 4.69) is 21.0 Å². The topological polar surface area (TPSA) is 38.0 Å². The molecule has 0 aliphatic rings. The molecule has 2 rings (SSSR count). The molecule has 0 saturated carbocycles. The van der Waals surface area contributed by atoms with Crippen LogP contribution in [0, 0.1) is 0 Å². The van der Waals surface area contributed by atoms with E-state index in [9.17, 15) is 5.11 Å². The molecule has 2 aromatic rings. The average molecular weight is 267 g/mol. The molecule has 0 bridgehead atoms. The van der Waals surface area contributed by atoms with Crippen molar-refractivity contribution in [3.63, 3.8) is 0 Å². The van der Waals surface area contributed by atoms with Gasteiger partial charge >= 0.3 is 0 Å². The van der Waals surface area contributed by atoms with E-state index in [-0.39, 0.29) is 0 Å². The molecule has 78 valence electrons. The maximum Gasteiger partial charge on any atom is 0.121 e. The maximum absolute atomic E-state index is 10.1. The molecule has 3 nitrogen and oxygen atoms in total. The molecule has 1 unspecified atom stereocenters. The standard InChI is InChI=1S/C11H11BrN2O/c1-14-10(6-7-13-14)11(15)8-2-4-9(12)5-3-8/h2-7,11,15H,1H3. The highest BCUT2D eigenvalue weighted by Crippen LogP contribution is 2.22. The van der Waals surface area contributed by atoms with Crippen LogP contribution < -0.4 is 0 Å². The van der Waals surface area contributed by atoms with Crippen molar-refractivity contribution in [1.82, 2.24) is 9.78 Å². The van der Waals surface area contributed by atoms with E-state index < -0.39 is 6.10 Å². The van der Waals surface area contributed by atoms with E-state index in [0.717, 1.165) is 15.7 Å². The molecular weight excluding hydrogens is 256 g/mol. The van der Waals surface area contributed by atoms with Gasteiger partial charge in [0.25, 0.3) is 0 Å². The van der Waals surface area contributed by atoms with Crippen molar-refractivity contribution in [2.24, 2.45) is 7.05 Å². The predicted octanol–water partition coefficient (Wildman–Crippen LogP) is 2.26. The van der Waals surface area contributed by atoms with E-state index in [4.69, 9.17) is 0 Å². The second kappa shape index (κ2) is 4.16. The number of halogens is 1. The Hall–Kier alpha value is -1.13. The van der Waals surface area contributed by atoms with Crippen LogP contribution in [0.5, 0.6) is 0 Å². The Morgan fingerprint density at radius 2 is 1.93 bits per heavy atom. The summed E-state index contributed by atoms with van der Waals surface area (Å²) in [6.45, 7) is 0. The second-order valence-corrected chi connectivity index (χ2v) is 4.25. The van der Waals surface area contributed by atoms with Gasteiger partial charge in [0, 0.05) is 17.7 Å². The van der Waals surface area contributed by atoms with Gasteiger partial charge in [0.15, 0.2) is 0 Å². The van der Waals surface area contributed by atoms with Gasteiger partial charge in [0.2, 0.25) is 0 Å². The van der Waals surface area contributed by atoms with Crippen LogP contribution in [0.25, 0.3) is 0 Å². The molecular formula is C11H11BrN2O. The van der Waals surface area contributed by atoms with Crippen molar-refractivity contribution in [2.45, 2.75) is 6.10 Å². The Bertz CT molecular complexity index is 450. The highest BCUT2D eigenvalue weighted by molar-refractivity contribution is 9.10. The summed E-state index contributed by atoms with van der Waals surface area (Å²) in [5.74, 6) is 0. The highest BCUT2D eigenvalue weighted by Gasteiger charge is 2.13. The molecule has 0 aliphatic carbocycles. The van der Waals surface area contributed by atoms with Crippen LogP contribution in [0.2, 0.25) is 0 Å². The summed E-state index contributed by atoms with van der Waals surface area (Å²) in [6.07, 6.45) is 1.06. The maximum atomic E-state index is 10.1. The lowest BCUT2D eigenvalue weighted by molar-refractivity contribution is 0.210. The van der Waals surface area contributed by atoms with Crippen molar-refractivity contribution in [1.29, 1.82) is 0 Å². The van der Waals surface area contributed by atoms with E-state index in [1.54, 1.807) is 10.9 Å². The minimum Gasteiger partial charge on any atom is -0.382 e. The Balaban J connectivity index is 2.32. The molecule has 0 fully saturated rings. The normalized spacial score (nSPS) is 12.7. The van der Waals surface area contributed by atoms with E-state index in [1.165, 1.54) is 0 Å². The summed E-state index contributed by atoms with van der Waals surface area (Å²) in [6, 6.07) is 9.42. The largest absolute Gasteiger partial charge is 0.382 e. The van der Waals surface area contributed by atoms with Crippen LogP contribution in [0.15, 0.2) is 41.0 Å². The second-order valence-electron chi connectivity index (χ2n) is 3.33. The fraction of sp³-hybridized carbons (Fsp3) is 0.182. The lowest BCUT2D eigenvalue weighted by Gasteiger charge is -2.11. The van der Waals surface area contributed by atoms with Gasteiger partial charge in [-0.05, 0) is 23.8 Å².